The second kappa shape index (κ2) is 8.14. The second-order valence-corrected chi connectivity index (χ2v) is 7.63. The molecule has 4 heteroatoms. The zero-order chi connectivity index (χ0) is 16.0. The molecular weight excluding hydrogens is 264 g/mol. The van der Waals surface area contributed by atoms with E-state index >= 15 is 0 Å². The Hall–Kier alpha value is -0.610. The number of nitrogens with zero attached hydrogens (tertiary/aromatic N) is 1. The number of hydrogen-bond acceptors (Lipinski definition) is 3. The van der Waals surface area contributed by atoms with E-state index in [4.69, 9.17) is 4.74 Å². The van der Waals surface area contributed by atoms with Crippen LogP contribution in [-0.4, -0.2) is 50.2 Å². The molecule has 1 aliphatic carbocycles. The van der Waals surface area contributed by atoms with Crippen LogP contribution in [0, 0.1) is 11.3 Å². The Morgan fingerprint density at radius 3 is 2.52 bits per heavy atom. The number of hydrogen-bond donors (Lipinski definition) is 1. The number of amides is 1. The topological polar surface area (TPSA) is 41.6 Å². The molecule has 1 saturated carbocycles. The molecule has 1 fully saturated rings. The van der Waals surface area contributed by atoms with Gasteiger partial charge < -0.3 is 15.0 Å². The van der Waals surface area contributed by atoms with Crippen LogP contribution in [0.4, 0.5) is 0 Å². The molecule has 1 rings (SSSR count). The van der Waals surface area contributed by atoms with E-state index in [0.29, 0.717) is 5.92 Å². The third-order valence-corrected chi connectivity index (χ3v) is 4.73. The van der Waals surface area contributed by atoms with E-state index in [0.717, 1.165) is 13.0 Å². The van der Waals surface area contributed by atoms with Crippen LogP contribution in [-0.2, 0) is 9.53 Å². The van der Waals surface area contributed by atoms with E-state index in [1.807, 2.05) is 0 Å². The van der Waals surface area contributed by atoms with Gasteiger partial charge in [0, 0.05) is 12.6 Å². The van der Waals surface area contributed by atoms with Crippen LogP contribution in [0.25, 0.3) is 0 Å². The maximum atomic E-state index is 12.1. The molecule has 0 aromatic heterocycles. The molecule has 3 atom stereocenters. The fourth-order valence-corrected chi connectivity index (χ4v) is 3.14. The molecule has 4 nitrogen and oxygen atoms in total. The van der Waals surface area contributed by atoms with Crippen LogP contribution >= 0.6 is 0 Å². The van der Waals surface area contributed by atoms with Gasteiger partial charge in [-0.2, -0.15) is 0 Å². The summed E-state index contributed by atoms with van der Waals surface area (Å²) >= 11 is 0. The van der Waals surface area contributed by atoms with Crippen molar-refractivity contribution >= 4 is 5.91 Å². The Bertz CT molecular complexity index is 329. The summed E-state index contributed by atoms with van der Waals surface area (Å²) in [7, 11) is 4.12. The maximum absolute atomic E-state index is 12.1. The number of carbonyl (C=O) groups excluding carboxylic acids is 1. The standard InChI is InChI=1S/C17H34N2O2/c1-13-9-7-8-10-15(13)21-11-16(20)18-14(2)17(3,4)12-19(5)6/h13-15H,7-12H2,1-6H3,(H,18,20)/t13-,14-,15+/m1/s1. The van der Waals surface area contributed by atoms with Crippen molar-refractivity contribution in [2.24, 2.45) is 11.3 Å². The summed E-state index contributed by atoms with van der Waals surface area (Å²) in [5.74, 6) is 0.585. The Labute approximate surface area is 130 Å². The molecule has 1 aliphatic rings. The molecule has 0 saturated heterocycles. The minimum atomic E-state index is 0.00658. The molecule has 124 valence electrons. The fraction of sp³-hybridized carbons (Fsp3) is 0.941. The van der Waals surface area contributed by atoms with E-state index in [-0.39, 0.29) is 30.1 Å². The van der Waals surface area contributed by atoms with Gasteiger partial charge in [-0.25, -0.2) is 0 Å². The average molecular weight is 298 g/mol. The molecule has 0 spiro atoms. The van der Waals surface area contributed by atoms with Crippen LogP contribution < -0.4 is 5.32 Å². The molecule has 21 heavy (non-hydrogen) atoms. The monoisotopic (exact) mass is 298 g/mol. The highest BCUT2D eigenvalue weighted by Gasteiger charge is 2.28. The van der Waals surface area contributed by atoms with Crippen LogP contribution in [0.15, 0.2) is 0 Å². The van der Waals surface area contributed by atoms with Gasteiger partial charge in [-0.05, 0) is 45.2 Å². The maximum Gasteiger partial charge on any atom is 0.246 e. The highest BCUT2D eigenvalue weighted by atomic mass is 16.5. The summed E-state index contributed by atoms with van der Waals surface area (Å²) in [4.78, 5) is 14.2. The third kappa shape index (κ3) is 6.35. The molecule has 0 aromatic carbocycles. The second-order valence-electron chi connectivity index (χ2n) is 7.63. The predicted molar refractivity (Wildman–Crippen MR) is 87.3 cm³/mol. The van der Waals surface area contributed by atoms with Crippen molar-refractivity contribution in [1.82, 2.24) is 10.2 Å². The highest BCUT2D eigenvalue weighted by Crippen LogP contribution is 2.26. The first-order valence-corrected chi connectivity index (χ1v) is 8.28. The summed E-state index contributed by atoms with van der Waals surface area (Å²) in [5, 5.41) is 3.09. The first-order valence-electron chi connectivity index (χ1n) is 8.28. The number of nitrogens with one attached hydrogen (secondary N) is 1. The van der Waals surface area contributed by atoms with Crippen LogP contribution in [0.3, 0.4) is 0 Å². The molecule has 0 aromatic rings. The van der Waals surface area contributed by atoms with Crippen LogP contribution in [0.5, 0.6) is 0 Å². The smallest absolute Gasteiger partial charge is 0.246 e. The molecule has 1 N–H and O–H groups in total. The van der Waals surface area contributed by atoms with Crippen LogP contribution in [0.2, 0.25) is 0 Å². The van der Waals surface area contributed by atoms with Gasteiger partial charge in [0.1, 0.15) is 6.61 Å². The lowest BCUT2D eigenvalue weighted by Crippen LogP contribution is -2.48. The minimum Gasteiger partial charge on any atom is -0.368 e. The number of carbonyl (C=O) groups is 1. The van der Waals surface area contributed by atoms with Gasteiger partial charge in [-0.1, -0.05) is 33.6 Å². The Balaban J connectivity index is 2.35. The van der Waals surface area contributed by atoms with Gasteiger partial charge in [0.15, 0.2) is 0 Å². The molecule has 0 bridgehead atoms. The molecule has 0 heterocycles. The van der Waals surface area contributed by atoms with E-state index < -0.39 is 0 Å². The average Bonchev–Trinajstić information content (AvgIpc) is 2.36. The Morgan fingerprint density at radius 2 is 1.95 bits per heavy atom. The van der Waals surface area contributed by atoms with Crippen molar-refractivity contribution in [2.75, 3.05) is 27.2 Å². The normalized spacial score (nSPS) is 24.9. The van der Waals surface area contributed by atoms with Gasteiger partial charge in [-0.3, -0.25) is 4.79 Å². The zero-order valence-corrected chi connectivity index (χ0v) is 14.7. The van der Waals surface area contributed by atoms with Crippen LogP contribution in [0.1, 0.15) is 53.4 Å². The largest absolute Gasteiger partial charge is 0.368 e. The van der Waals surface area contributed by atoms with Crippen molar-refractivity contribution in [2.45, 2.75) is 65.5 Å². The fourth-order valence-electron chi connectivity index (χ4n) is 3.14. The Kier molecular flexibility index (Phi) is 7.14. The van der Waals surface area contributed by atoms with Crippen molar-refractivity contribution in [1.29, 1.82) is 0 Å². The summed E-state index contributed by atoms with van der Waals surface area (Å²) in [5.41, 5.74) is 0.0390. The van der Waals surface area contributed by atoms with Crippen molar-refractivity contribution < 1.29 is 9.53 Å². The summed E-state index contributed by atoms with van der Waals surface area (Å²) in [6, 6.07) is 0.125. The lowest BCUT2D eigenvalue weighted by atomic mass is 9.85. The van der Waals surface area contributed by atoms with E-state index in [1.165, 1.54) is 19.3 Å². The first kappa shape index (κ1) is 18.4. The summed E-state index contributed by atoms with van der Waals surface area (Å²) < 4.78 is 5.83. The van der Waals surface area contributed by atoms with E-state index in [1.54, 1.807) is 0 Å². The van der Waals surface area contributed by atoms with Gasteiger partial charge in [-0.15, -0.1) is 0 Å². The SMILES string of the molecule is C[C@@H]1CCCC[C@@H]1OCC(=O)N[C@H](C)C(C)(C)CN(C)C. The molecule has 0 radical (unpaired) electrons. The van der Waals surface area contributed by atoms with Crippen molar-refractivity contribution in [3.8, 4) is 0 Å². The molecule has 0 unspecified atom stereocenters. The summed E-state index contributed by atoms with van der Waals surface area (Å²) in [6.07, 6.45) is 5.09. The van der Waals surface area contributed by atoms with Crippen molar-refractivity contribution in [3.05, 3.63) is 0 Å². The van der Waals surface area contributed by atoms with Gasteiger partial charge in [0.05, 0.1) is 6.10 Å². The van der Waals surface area contributed by atoms with E-state index in [9.17, 15) is 4.79 Å². The minimum absolute atomic E-state index is 0.00658. The zero-order valence-electron chi connectivity index (χ0n) is 14.7. The van der Waals surface area contributed by atoms with E-state index in [2.05, 4.69) is 52.0 Å². The van der Waals surface area contributed by atoms with Gasteiger partial charge in [0.2, 0.25) is 5.91 Å². The molecule has 0 aliphatic heterocycles. The number of ether oxygens (including phenoxy) is 1. The van der Waals surface area contributed by atoms with Gasteiger partial charge in [0.25, 0.3) is 0 Å². The predicted octanol–water partition coefficient (Wildman–Crippen LogP) is 2.67. The first-order chi connectivity index (χ1) is 9.72. The lowest BCUT2D eigenvalue weighted by Gasteiger charge is -2.35. The van der Waals surface area contributed by atoms with Crippen molar-refractivity contribution in [3.63, 3.8) is 0 Å². The molecular formula is C17H34N2O2. The lowest BCUT2D eigenvalue weighted by molar-refractivity contribution is -0.131. The molecule has 1 amide bonds. The quantitative estimate of drug-likeness (QED) is 0.785. The van der Waals surface area contributed by atoms with Gasteiger partial charge >= 0.3 is 0 Å². The highest BCUT2D eigenvalue weighted by molar-refractivity contribution is 5.77. The Morgan fingerprint density at radius 1 is 1.33 bits per heavy atom. The summed E-state index contributed by atoms with van der Waals surface area (Å²) in [6.45, 7) is 9.80. The third-order valence-electron chi connectivity index (χ3n) is 4.73. The number of rotatable bonds is 7.